The number of benzene rings is 1. The van der Waals surface area contributed by atoms with Gasteiger partial charge in [-0.1, -0.05) is 32.9 Å². The number of rotatable bonds is 3. The van der Waals surface area contributed by atoms with Crippen molar-refractivity contribution in [1.29, 1.82) is 0 Å². The molecule has 0 N–H and O–H groups in total. The molecule has 0 radical (unpaired) electrons. The summed E-state index contributed by atoms with van der Waals surface area (Å²) >= 11 is 0. The van der Waals surface area contributed by atoms with Crippen LogP contribution in [0, 0.1) is 5.41 Å². The maximum atomic E-state index is 11.3. The van der Waals surface area contributed by atoms with Gasteiger partial charge in [0.25, 0.3) is 0 Å². The van der Waals surface area contributed by atoms with Crippen LogP contribution in [0.3, 0.4) is 0 Å². The molecule has 0 fully saturated rings. The summed E-state index contributed by atoms with van der Waals surface area (Å²) < 4.78 is 5.64. The van der Waals surface area contributed by atoms with Gasteiger partial charge in [-0.05, 0) is 24.5 Å². The fourth-order valence-corrected chi connectivity index (χ4v) is 1.18. The van der Waals surface area contributed by atoms with Crippen molar-refractivity contribution in [3.8, 4) is 5.75 Å². The summed E-state index contributed by atoms with van der Waals surface area (Å²) in [6.45, 7) is 8.46. The van der Waals surface area contributed by atoms with Crippen molar-refractivity contribution in [2.45, 2.75) is 27.7 Å². The summed E-state index contributed by atoms with van der Waals surface area (Å²) in [4.78, 5) is 11.3. The molecule has 0 aliphatic rings. The van der Waals surface area contributed by atoms with Crippen LogP contribution in [0.25, 0.3) is 0 Å². The van der Waals surface area contributed by atoms with Crippen molar-refractivity contribution >= 4 is 5.78 Å². The number of hydrogen-bond acceptors (Lipinski definition) is 2. The second-order valence-electron chi connectivity index (χ2n) is 4.90. The van der Waals surface area contributed by atoms with E-state index >= 15 is 0 Å². The number of para-hydroxylation sites is 1. The Morgan fingerprint density at radius 1 is 1.27 bits per heavy atom. The molecule has 0 aliphatic heterocycles. The highest BCUT2D eigenvalue weighted by molar-refractivity contribution is 5.96. The highest BCUT2D eigenvalue weighted by Gasteiger charge is 2.13. The van der Waals surface area contributed by atoms with Gasteiger partial charge in [0.2, 0.25) is 0 Å². The largest absolute Gasteiger partial charge is 0.492 e. The molecule has 0 heterocycles. The average molecular weight is 206 g/mol. The van der Waals surface area contributed by atoms with E-state index in [1.807, 2.05) is 18.2 Å². The second-order valence-corrected chi connectivity index (χ2v) is 4.90. The molecule has 0 amide bonds. The minimum atomic E-state index is 0.0412. The molecule has 0 aliphatic carbocycles. The zero-order chi connectivity index (χ0) is 11.5. The molecule has 15 heavy (non-hydrogen) atoms. The van der Waals surface area contributed by atoms with E-state index in [1.54, 1.807) is 13.0 Å². The van der Waals surface area contributed by atoms with E-state index in [2.05, 4.69) is 20.8 Å². The highest BCUT2D eigenvalue weighted by atomic mass is 16.5. The monoisotopic (exact) mass is 206 g/mol. The molecule has 0 spiro atoms. The van der Waals surface area contributed by atoms with Gasteiger partial charge >= 0.3 is 0 Å². The standard InChI is InChI=1S/C13H18O2/c1-10(14)11-7-5-6-8-12(11)15-9-13(2,3)4/h5-8H,9H2,1-4H3. The van der Waals surface area contributed by atoms with Crippen molar-refractivity contribution < 1.29 is 9.53 Å². The Labute approximate surface area is 91.3 Å². The van der Waals surface area contributed by atoms with E-state index in [0.717, 1.165) is 0 Å². The van der Waals surface area contributed by atoms with Crippen LogP contribution in [-0.4, -0.2) is 12.4 Å². The van der Waals surface area contributed by atoms with Gasteiger partial charge in [0, 0.05) is 0 Å². The Balaban J connectivity index is 2.81. The quantitative estimate of drug-likeness (QED) is 0.709. The molecule has 0 saturated heterocycles. The van der Waals surface area contributed by atoms with E-state index in [0.29, 0.717) is 17.9 Å². The van der Waals surface area contributed by atoms with Crippen molar-refractivity contribution in [3.05, 3.63) is 29.8 Å². The summed E-state index contributed by atoms with van der Waals surface area (Å²) in [5.41, 5.74) is 0.755. The number of ether oxygens (including phenoxy) is 1. The van der Waals surface area contributed by atoms with Crippen molar-refractivity contribution in [2.24, 2.45) is 5.41 Å². The van der Waals surface area contributed by atoms with Gasteiger partial charge in [0.15, 0.2) is 5.78 Å². The molecule has 2 nitrogen and oxygen atoms in total. The van der Waals surface area contributed by atoms with E-state index in [9.17, 15) is 4.79 Å². The third kappa shape index (κ3) is 3.74. The number of ketones is 1. The SMILES string of the molecule is CC(=O)c1ccccc1OCC(C)(C)C. The Morgan fingerprint density at radius 2 is 1.87 bits per heavy atom. The van der Waals surface area contributed by atoms with Crippen molar-refractivity contribution in [2.75, 3.05) is 6.61 Å². The Kier molecular flexibility index (Phi) is 3.51. The molecule has 0 unspecified atom stereocenters. The average Bonchev–Trinajstić information content (AvgIpc) is 2.14. The number of Topliss-reactive ketones (excluding diaryl/α,β-unsaturated/α-hetero) is 1. The fraction of sp³-hybridized carbons (Fsp3) is 0.462. The molecule has 1 rings (SSSR count). The van der Waals surface area contributed by atoms with E-state index in [-0.39, 0.29) is 11.2 Å². The zero-order valence-electron chi connectivity index (χ0n) is 9.83. The van der Waals surface area contributed by atoms with Crippen LogP contribution in [0.2, 0.25) is 0 Å². The lowest BCUT2D eigenvalue weighted by atomic mass is 9.98. The minimum absolute atomic E-state index is 0.0412. The summed E-state index contributed by atoms with van der Waals surface area (Å²) in [6.07, 6.45) is 0. The third-order valence-electron chi connectivity index (χ3n) is 1.93. The third-order valence-corrected chi connectivity index (χ3v) is 1.93. The summed E-state index contributed by atoms with van der Waals surface area (Å²) in [5, 5.41) is 0. The van der Waals surface area contributed by atoms with Gasteiger partial charge in [-0.3, -0.25) is 4.79 Å². The lowest BCUT2D eigenvalue weighted by Crippen LogP contribution is -2.17. The van der Waals surface area contributed by atoms with Crippen LogP contribution in [-0.2, 0) is 0 Å². The lowest BCUT2D eigenvalue weighted by Gasteiger charge is -2.19. The maximum absolute atomic E-state index is 11.3. The predicted octanol–water partition coefficient (Wildman–Crippen LogP) is 3.31. The first kappa shape index (κ1) is 11.8. The minimum Gasteiger partial charge on any atom is -0.492 e. The van der Waals surface area contributed by atoms with Gasteiger partial charge in [0.05, 0.1) is 12.2 Å². The molecule has 2 heteroatoms. The molecule has 1 aromatic rings. The first-order valence-electron chi connectivity index (χ1n) is 5.13. The van der Waals surface area contributed by atoms with E-state index < -0.39 is 0 Å². The Hall–Kier alpha value is -1.31. The maximum Gasteiger partial charge on any atom is 0.163 e. The normalized spacial score (nSPS) is 11.2. The van der Waals surface area contributed by atoms with Crippen molar-refractivity contribution in [1.82, 2.24) is 0 Å². The van der Waals surface area contributed by atoms with Crippen LogP contribution < -0.4 is 4.74 Å². The summed E-state index contributed by atoms with van der Waals surface area (Å²) in [5.74, 6) is 0.722. The van der Waals surface area contributed by atoms with Crippen LogP contribution in [0.4, 0.5) is 0 Å². The topological polar surface area (TPSA) is 26.3 Å². The molecule has 0 bridgehead atoms. The second kappa shape index (κ2) is 4.47. The smallest absolute Gasteiger partial charge is 0.163 e. The van der Waals surface area contributed by atoms with Gasteiger partial charge in [-0.15, -0.1) is 0 Å². The zero-order valence-corrected chi connectivity index (χ0v) is 9.83. The highest BCUT2D eigenvalue weighted by Crippen LogP contribution is 2.21. The molecular weight excluding hydrogens is 188 g/mol. The lowest BCUT2D eigenvalue weighted by molar-refractivity contribution is 0.101. The van der Waals surface area contributed by atoms with Gasteiger partial charge in [-0.2, -0.15) is 0 Å². The molecular formula is C13H18O2. The molecule has 0 saturated carbocycles. The Bertz CT molecular complexity index is 348. The number of carbonyl (C=O) groups is 1. The summed E-state index contributed by atoms with van der Waals surface area (Å²) in [7, 11) is 0. The van der Waals surface area contributed by atoms with Crippen LogP contribution in [0.1, 0.15) is 38.1 Å². The van der Waals surface area contributed by atoms with Crippen molar-refractivity contribution in [3.63, 3.8) is 0 Å². The van der Waals surface area contributed by atoms with E-state index in [1.165, 1.54) is 0 Å². The number of hydrogen-bond donors (Lipinski definition) is 0. The molecule has 0 aromatic heterocycles. The molecule has 1 aromatic carbocycles. The first-order chi connectivity index (χ1) is 6.90. The van der Waals surface area contributed by atoms with E-state index in [4.69, 9.17) is 4.74 Å². The molecule has 0 atom stereocenters. The fourth-order valence-electron chi connectivity index (χ4n) is 1.18. The Morgan fingerprint density at radius 3 is 2.40 bits per heavy atom. The van der Waals surface area contributed by atoms with Crippen LogP contribution >= 0.6 is 0 Å². The van der Waals surface area contributed by atoms with Gasteiger partial charge < -0.3 is 4.74 Å². The predicted molar refractivity (Wildman–Crippen MR) is 61.4 cm³/mol. The first-order valence-corrected chi connectivity index (χ1v) is 5.13. The number of carbonyl (C=O) groups excluding carboxylic acids is 1. The van der Waals surface area contributed by atoms with Crippen LogP contribution in [0.5, 0.6) is 5.75 Å². The van der Waals surface area contributed by atoms with Gasteiger partial charge in [-0.25, -0.2) is 0 Å². The van der Waals surface area contributed by atoms with Gasteiger partial charge in [0.1, 0.15) is 5.75 Å². The molecule has 82 valence electrons. The van der Waals surface area contributed by atoms with Crippen LogP contribution in [0.15, 0.2) is 24.3 Å². The summed E-state index contributed by atoms with van der Waals surface area (Å²) in [6, 6.07) is 7.36.